The standard InChI is InChI=1S/2C18H14N.C12H11N.C12H10N.2CH4O.2Ir/c2*1-14-12-18(16-10-6-3-7-11-16)19-13-17(14)15-8-4-2-5-9-15;2*1-10-7-8-12(13-9-10)11-5-3-2-4-6-11;2*1-2;;/h2*2-10,12-13H,1H3;2-9H,1H3;2-5,7-9H,1H3;2*2H,1H3;;/q2*-1;;-1;;;;/i;;2*1D3;;;;. The van der Waals surface area contributed by atoms with Crippen molar-refractivity contribution in [1.29, 1.82) is 0 Å². The van der Waals surface area contributed by atoms with Crippen molar-refractivity contribution in [2.24, 2.45) is 0 Å². The minimum atomic E-state index is -2.09. The van der Waals surface area contributed by atoms with Crippen LogP contribution in [0.15, 0.2) is 225 Å². The first-order chi connectivity index (χ1) is 35.8. The van der Waals surface area contributed by atoms with Crippen molar-refractivity contribution >= 4 is 0 Å². The number of hydrogen-bond donors (Lipinski definition) is 2. The van der Waals surface area contributed by atoms with Gasteiger partial charge in [0.25, 0.3) is 0 Å². The monoisotopic (exact) mass is 1280 g/mol. The van der Waals surface area contributed by atoms with Crippen LogP contribution in [0.2, 0.25) is 0 Å². The van der Waals surface area contributed by atoms with Gasteiger partial charge in [-0.2, -0.15) is 0 Å². The zero-order valence-corrected chi connectivity index (χ0v) is 44.0. The summed E-state index contributed by atoms with van der Waals surface area (Å²) in [5.41, 5.74) is 15.1. The molecule has 0 fully saturated rings. The second kappa shape index (κ2) is 32.0. The van der Waals surface area contributed by atoms with E-state index in [-0.39, 0.29) is 51.3 Å². The van der Waals surface area contributed by atoms with Gasteiger partial charge < -0.3 is 25.2 Å². The topological polar surface area (TPSA) is 92.0 Å². The van der Waals surface area contributed by atoms with Crippen LogP contribution in [-0.4, -0.2) is 44.4 Å². The fourth-order valence-corrected chi connectivity index (χ4v) is 6.63. The molecule has 2 radical (unpaired) electrons. The van der Waals surface area contributed by atoms with Crippen molar-refractivity contribution in [2.75, 3.05) is 14.2 Å². The molecule has 2 N–H and O–H groups in total. The second-order valence-corrected chi connectivity index (χ2v) is 14.6. The summed E-state index contributed by atoms with van der Waals surface area (Å²) in [7, 11) is 2.00. The van der Waals surface area contributed by atoms with Crippen LogP contribution in [0.4, 0.5) is 0 Å². The van der Waals surface area contributed by atoms with Gasteiger partial charge in [-0.15, -0.1) is 108 Å². The van der Waals surface area contributed by atoms with E-state index in [2.05, 4.69) is 88.4 Å². The van der Waals surface area contributed by atoms with E-state index in [1.54, 1.807) is 30.3 Å². The number of aryl methyl sites for hydroxylation is 4. The van der Waals surface area contributed by atoms with Crippen LogP contribution in [0, 0.1) is 45.8 Å². The molecule has 0 bridgehead atoms. The van der Waals surface area contributed by atoms with Crippen LogP contribution in [0.1, 0.15) is 30.5 Å². The van der Waals surface area contributed by atoms with Crippen molar-refractivity contribution in [1.82, 2.24) is 19.9 Å². The van der Waals surface area contributed by atoms with Crippen molar-refractivity contribution in [2.45, 2.75) is 27.6 Å². The van der Waals surface area contributed by atoms with Gasteiger partial charge >= 0.3 is 0 Å². The minimum Gasteiger partial charge on any atom is -0.400 e. The predicted octanol–water partition coefficient (Wildman–Crippen LogP) is 14.2. The third-order valence-electron chi connectivity index (χ3n) is 9.94. The van der Waals surface area contributed by atoms with E-state index in [0.717, 1.165) is 59.2 Å². The van der Waals surface area contributed by atoms with Crippen molar-refractivity contribution < 1.29 is 58.6 Å². The fraction of sp³-hybridized carbons (Fsp3) is 0.0968. The molecule has 0 atom stereocenters. The molecule has 0 saturated heterocycles. The molecule has 0 amide bonds. The molecule has 0 spiro atoms. The van der Waals surface area contributed by atoms with Crippen LogP contribution < -0.4 is 0 Å². The first-order valence-corrected chi connectivity index (χ1v) is 21.7. The van der Waals surface area contributed by atoms with E-state index >= 15 is 0 Å². The summed E-state index contributed by atoms with van der Waals surface area (Å²) in [6.45, 7) is 0.0705. The Morgan fingerprint density at radius 2 is 0.686 bits per heavy atom. The van der Waals surface area contributed by atoms with Crippen LogP contribution in [-0.2, 0) is 40.2 Å². The van der Waals surface area contributed by atoms with Gasteiger partial charge in [0.15, 0.2) is 0 Å². The zero-order valence-electron chi connectivity index (χ0n) is 45.2. The number of nitrogens with zero attached hydrogens (tertiary/aromatic N) is 4. The Morgan fingerprint density at radius 3 is 1.00 bits per heavy atom. The van der Waals surface area contributed by atoms with Crippen LogP contribution in [0.3, 0.4) is 0 Å². The molecule has 0 saturated carbocycles. The maximum Gasteiger partial charge on any atom is 0.0702 e. The van der Waals surface area contributed by atoms with E-state index < -0.39 is 13.7 Å². The molecule has 6 aromatic carbocycles. The van der Waals surface area contributed by atoms with Crippen LogP contribution in [0.25, 0.3) is 67.3 Å². The summed E-state index contributed by atoms with van der Waals surface area (Å²) < 4.78 is 43.4. The quantitative estimate of drug-likeness (QED) is 0.161. The number of hydrogen-bond acceptors (Lipinski definition) is 6. The number of pyridine rings is 4. The summed E-state index contributed by atoms with van der Waals surface area (Å²) in [5, 5.41) is 14.0. The maximum absolute atomic E-state index is 7.24. The molecule has 8 heteroatoms. The Labute approximate surface area is 450 Å². The van der Waals surface area contributed by atoms with E-state index in [9.17, 15) is 0 Å². The molecular formula is C62H57Ir2N4O2-3. The van der Waals surface area contributed by atoms with Gasteiger partial charge in [0.1, 0.15) is 0 Å². The smallest absolute Gasteiger partial charge is 0.0702 e. The maximum atomic E-state index is 7.24. The fourth-order valence-electron chi connectivity index (χ4n) is 6.63. The first kappa shape index (κ1) is 48.2. The molecule has 0 aliphatic heterocycles. The molecule has 0 aliphatic rings. The number of aliphatic hydroxyl groups is 2. The Balaban J connectivity index is 0.000000259. The summed E-state index contributed by atoms with van der Waals surface area (Å²) in [4.78, 5) is 17.4. The van der Waals surface area contributed by atoms with Crippen molar-refractivity contribution in [3.63, 3.8) is 0 Å². The van der Waals surface area contributed by atoms with E-state index in [0.29, 0.717) is 0 Å². The van der Waals surface area contributed by atoms with Gasteiger partial charge in [-0.1, -0.05) is 121 Å². The second-order valence-electron chi connectivity index (χ2n) is 14.6. The molecule has 0 unspecified atom stereocenters. The normalized spacial score (nSPS) is 11.1. The van der Waals surface area contributed by atoms with Crippen LogP contribution >= 0.6 is 0 Å². The average Bonchev–Trinajstić information content (AvgIpc) is 3.45. The Bertz CT molecular complexity index is 2950. The Hall–Kier alpha value is -6.86. The summed E-state index contributed by atoms with van der Waals surface area (Å²) >= 11 is 0. The van der Waals surface area contributed by atoms with Gasteiger partial charge in [0, 0.05) is 104 Å². The van der Waals surface area contributed by atoms with Crippen molar-refractivity contribution in [3.05, 3.63) is 265 Å². The van der Waals surface area contributed by atoms with Crippen LogP contribution in [0.5, 0.6) is 0 Å². The molecule has 70 heavy (non-hydrogen) atoms. The number of benzene rings is 6. The van der Waals surface area contributed by atoms with E-state index in [1.165, 1.54) is 45.8 Å². The summed E-state index contributed by atoms with van der Waals surface area (Å²) in [5.74, 6) is 0. The van der Waals surface area contributed by atoms with E-state index in [4.69, 9.17) is 18.4 Å². The Morgan fingerprint density at radius 1 is 0.357 bits per heavy atom. The number of aliphatic hydroxyl groups excluding tert-OH is 2. The SMILES string of the molecule is CO.CO.Cc1cc(-c2[c-]cccc2)ncc1-c1ccccc1.Cc1cc(-c2[c-]cccc2)ncc1-c1ccccc1.[2H]C([2H])([2H])c1ccc(-c2[c-]cccc2)nc1.[2H]C([2H])([2H])c1ccc(-c2ccccc2)nc1.[Ir].[Ir]. The predicted molar refractivity (Wildman–Crippen MR) is 281 cm³/mol. The van der Waals surface area contributed by atoms with Gasteiger partial charge in [0.05, 0.1) is 5.69 Å². The zero-order chi connectivity index (χ0) is 53.4. The number of rotatable bonds is 6. The number of aromatic nitrogens is 4. The molecule has 10 rings (SSSR count). The third kappa shape index (κ3) is 17.9. The summed E-state index contributed by atoms with van der Waals surface area (Å²) in [6.07, 6.45) is 6.69. The van der Waals surface area contributed by atoms with Gasteiger partial charge in [-0.25, -0.2) is 0 Å². The van der Waals surface area contributed by atoms with Gasteiger partial charge in [-0.05, 0) is 84.1 Å². The molecule has 4 heterocycles. The first-order valence-electron chi connectivity index (χ1n) is 24.7. The van der Waals surface area contributed by atoms with Crippen molar-refractivity contribution in [3.8, 4) is 67.3 Å². The van der Waals surface area contributed by atoms with E-state index in [1.807, 2.05) is 146 Å². The molecule has 6 nitrogen and oxygen atoms in total. The van der Waals surface area contributed by atoms with Gasteiger partial charge in [0.2, 0.25) is 0 Å². The largest absolute Gasteiger partial charge is 0.400 e. The molecule has 0 aliphatic carbocycles. The summed E-state index contributed by atoms with van der Waals surface area (Å²) in [6, 6.07) is 74.0. The molecule has 358 valence electrons. The Kier molecular flexibility index (Phi) is 22.1. The average molecular weight is 1280 g/mol. The minimum absolute atomic E-state index is 0. The third-order valence-corrected chi connectivity index (χ3v) is 9.94. The molecule has 10 aromatic rings. The molecular weight excluding hydrogens is 1220 g/mol. The molecule has 4 aromatic heterocycles. The van der Waals surface area contributed by atoms with Gasteiger partial charge in [-0.3, -0.25) is 4.98 Å².